The highest BCUT2D eigenvalue weighted by Gasteiger charge is 2.25. The molecule has 0 spiro atoms. The van der Waals surface area contributed by atoms with E-state index in [0.717, 1.165) is 22.3 Å². The summed E-state index contributed by atoms with van der Waals surface area (Å²) in [5, 5.41) is 13.4. The normalized spacial score (nSPS) is 10.7. The van der Waals surface area contributed by atoms with Crippen LogP contribution in [0.5, 0.6) is 0 Å². The highest BCUT2D eigenvalue weighted by molar-refractivity contribution is 5.94. The molecule has 0 bridgehead atoms. The van der Waals surface area contributed by atoms with E-state index in [0.29, 0.717) is 10.8 Å². The molecule has 0 fully saturated rings. The third-order valence-corrected chi connectivity index (χ3v) is 4.74. The number of hydrogen-bond acceptors (Lipinski definition) is 2. The Bertz CT molecular complexity index is 850. The molecule has 0 radical (unpaired) electrons. The van der Waals surface area contributed by atoms with E-state index in [1.165, 1.54) is 4.90 Å². The van der Waals surface area contributed by atoms with E-state index in [9.17, 15) is 10.0 Å². The molecule has 3 aromatic rings. The van der Waals surface area contributed by atoms with Gasteiger partial charge in [-0.1, -0.05) is 78.9 Å². The van der Waals surface area contributed by atoms with Crippen molar-refractivity contribution in [1.29, 1.82) is 0 Å². The van der Waals surface area contributed by atoms with Crippen molar-refractivity contribution in [2.75, 3.05) is 12.1 Å². The van der Waals surface area contributed by atoms with Crippen LogP contribution in [-0.2, 0) is 0 Å². The Morgan fingerprint density at radius 2 is 1.22 bits per heavy atom. The molecule has 0 heterocycles. The van der Waals surface area contributed by atoms with Crippen LogP contribution in [0.15, 0.2) is 78.9 Å². The van der Waals surface area contributed by atoms with Crippen LogP contribution < -0.4 is 5.06 Å². The van der Waals surface area contributed by atoms with Gasteiger partial charge in [0.2, 0.25) is 0 Å². The highest BCUT2D eigenvalue weighted by atomic mass is 16.5. The minimum atomic E-state index is -0.592. The summed E-state index contributed by atoms with van der Waals surface area (Å²) >= 11 is 0. The Hall–Kier alpha value is -3.11. The van der Waals surface area contributed by atoms with Gasteiger partial charge in [-0.2, -0.15) is 0 Å². The number of nitrogens with zero attached hydrogens (tertiary/aromatic N) is 2. The second-order valence-corrected chi connectivity index (χ2v) is 6.65. The van der Waals surface area contributed by atoms with Crippen LogP contribution in [0.4, 0.5) is 10.5 Å². The summed E-state index contributed by atoms with van der Waals surface area (Å²) in [7, 11) is 1.67. The van der Waals surface area contributed by atoms with Gasteiger partial charge < -0.3 is 15.2 Å². The molecule has 0 N–H and O–H groups in total. The average Bonchev–Trinajstić information content (AvgIpc) is 2.69. The monoisotopic (exact) mass is 359 g/mol. The number of amides is 2. The van der Waals surface area contributed by atoms with Gasteiger partial charge in [0.25, 0.3) is 0 Å². The lowest BCUT2D eigenvalue weighted by molar-refractivity contribution is 0.207. The molecule has 0 aliphatic carbocycles. The smallest absolute Gasteiger partial charge is 0.314 e. The summed E-state index contributed by atoms with van der Waals surface area (Å²) in [6, 6.07) is 24.1. The highest BCUT2D eigenvalue weighted by Crippen LogP contribution is 2.31. The zero-order valence-electron chi connectivity index (χ0n) is 15.8. The van der Waals surface area contributed by atoms with Gasteiger partial charge in [0.05, 0.1) is 6.04 Å². The van der Waals surface area contributed by atoms with Gasteiger partial charge >= 0.3 is 6.03 Å². The first-order chi connectivity index (χ1) is 13.0. The zero-order chi connectivity index (χ0) is 19.4. The van der Waals surface area contributed by atoms with Crippen LogP contribution in [0.2, 0.25) is 0 Å². The molecule has 0 aliphatic heterocycles. The number of para-hydroxylation sites is 1. The average molecular weight is 359 g/mol. The van der Waals surface area contributed by atoms with E-state index in [4.69, 9.17) is 0 Å². The van der Waals surface area contributed by atoms with Gasteiger partial charge in [0.1, 0.15) is 0 Å². The molecule has 4 heteroatoms. The van der Waals surface area contributed by atoms with Crippen molar-refractivity contribution in [3.8, 4) is 0 Å². The number of aryl methyl sites for hydroxylation is 2. The molecule has 0 aromatic heterocycles. The van der Waals surface area contributed by atoms with Crippen LogP contribution in [-0.4, -0.2) is 18.0 Å². The van der Waals surface area contributed by atoms with Crippen LogP contribution in [0.1, 0.15) is 28.3 Å². The minimum Gasteiger partial charge on any atom is -0.750 e. The molecule has 4 nitrogen and oxygen atoms in total. The van der Waals surface area contributed by atoms with E-state index in [-0.39, 0.29) is 6.04 Å². The fourth-order valence-electron chi connectivity index (χ4n) is 3.39. The number of carbonyl (C=O) groups excluding carboxylic acids is 1. The van der Waals surface area contributed by atoms with E-state index in [1.807, 2.05) is 92.7 Å². The summed E-state index contributed by atoms with van der Waals surface area (Å²) in [6.45, 7) is 3.68. The van der Waals surface area contributed by atoms with Crippen molar-refractivity contribution in [2.24, 2.45) is 0 Å². The number of hydrogen-bond donors (Lipinski definition) is 0. The van der Waals surface area contributed by atoms with Crippen molar-refractivity contribution < 1.29 is 4.79 Å². The SMILES string of the molecule is Cc1cccc(C)c1N([O-])C(=O)N(C)C(c1ccccc1)c1ccccc1. The van der Waals surface area contributed by atoms with E-state index in [1.54, 1.807) is 7.05 Å². The Labute approximate surface area is 160 Å². The fraction of sp³-hybridized carbons (Fsp3) is 0.174. The van der Waals surface area contributed by atoms with Crippen molar-refractivity contribution >= 4 is 11.7 Å². The number of carbonyl (C=O) groups is 1. The molecular formula is C23H23N2O2-. The predicted molar refractivity (Wildman–Crippen MR) is 110 cm³/mol. The molecule has 0 saturated heterocycles. The lowest BCUT2D eigenvalue weighted by Crippen LogP contribution is -2.41. The van der Waals surface area contributed by atoms with E-state index >= 15 is 0 Å². The Morgan fingerprint density at radius 3 is 1.67 bits per heavy atom. The molecule has 0 atom stereocenters. The lowest BCUT2D eigenvalue weighted by Gasteiger charge is -2.38. The second kappa shape index (κ2) is 8.06. The maximum Gasteiger partial charge on any atom is 0.314 e. The minimum absolute atomic E-state index is 0.347. The number of anilines is 1. The topological polar surface area (TPSA) is 46.6 Å². The molecular weight excluding hydrogens is 336 g/mol. The predicted octanol–water partition coefficient (Wildman–Crippen LogP) is 5.45. The van der Waals surface area contributed by atoms with Crippen molar-refractivity contribution in [1.82, 2.24) is 4.90 Å². The summed E-state index contributed by atoms with van der Waals surface area (Å²) in [6.07, 6.45) is 0. The number of rotatable bonds is 4. The van der Waals surface area contributed by atoms with Gasteiger partial charge in [0.15, 0.2) is 0 Å². The molecule has 0 unspecified atom stereocenters. The molecule has 0 saturated carbocycles. The Morgan fingerprint density at radius 1 is 0.778 bits per heavy atom. The first kappa shape index (κ1) is 18.7. The molecule has 3 aromatic carbocycles. The largest absolute Gasteiger partial charge is 0.750 e. The Kier molecular flexibility index (Phi) is 5.57. The van der Waals surface area contributed by atoms with Crippen molar-refractivity contribution in [3.05, 3.63) is 106 Å². The Balaban J connectivity index is 1.99. The fourth-order valence-corrected chi connectivity index (χ4v) is 3.39. The number of benzene rings is 3. The third-order valence-electron chi connectivity index (χ3n) is 4.74. The van der Waals surface area contributed by atoms with Gasteiger partial charge in [0, 0.05) is 12.7 Å². The number of urea groups is 1. The zero-order valence-corrected chi connectivity index (χ0v) is 15.8. The number of hydroxylamine groups is 1. The summed E-state index contributed by atoms with van der Waals surface area (Å²) in [5.74, 6) is 0. The van der Waals surface area contributed by atoms with E-state index < -0.39 is 6.03 Å². The summed E-state index contributed by atoms with van der Waals surface area (Å²) in [4.78, 5) is 14.6. The first-order valence-corrected chi connectivity index (χ1v) is 8.91. The molecule has 138 valence electrons. The standard InChI is InChI=1S/C23H23N2O2/c1-17-11-10-12-18(2)21(17)25(27)23(26)24(3)22(19-13-6-4-7-14-19)20-15-8-5-9-16-20/h4-16,22H,1-3H3/q-1. The first-order valence-electron chi connectivity index (χ1n) is 8.91. The maximum atomic E-state index is 13.1. The van der Waals surface area contributed by atoms with Gasteiger partial charge in [-0.3, -0.25) is 0 Å². The third kappa shape index (κ3) is 3.86. The molecule has 0 aliphatic rings. The van der Waals surface area contributed by atoms with Gasteiger partial charge in [-0.25, -0.2) is 4.79 Å². The maximum absolute atomic E-state index is 13.1. The van der Waals surface area contributed by atoms with E-state index in [2.05, 4.69) is 0 Å². The van der Waals surface area contributed by atoms with Crippen LogP contribution >= 0.6 is 0 Å². The van der Waals surface area contributed by atoms with Crippen LogP contribution in [0.3, 0.4) is 0 Å². The van der Waals surface area contributed by atoms with Crippen LogP contribution in [0, 0.1) is 19.1 Å². The molecule has 2 amide bonds. The summed E-state index contributed by atoms with van der Waals surface area (Å²) < 4.78 is 0. The van der Waals surface area contributed by atoms with Gasteiger partial charge in [-0.15, -0.1) is 0 Å². The van der Waals surface area contributed by atoms with Crippen molar-refractivity contribution in [2.45, 2.75) is 19.9 Å². The van der Waals surface area contributed by atoms with Crippen molar-refractivity contribution in [3.63, 3.8) is 0 Å². The molecule has 27 heavy (non-hydrogen) atoms. The van der Waals surface area contributed by atoms with Crippen LogP contribution in [0.25, 0.3) is 0 Å². The quantitative estimate of drug-likeness (QED) is 0.582. The second-order valence-electron chi connectivity index (χ2n) is 6.65. The molecule has 3 rings (SSSR count). The van der Waals surface area contributed by atoms with Gasteiger partial charge in [-0.05, 0) is 36.1 Å². The lowest BCUT2D eigenvalue weighted by atomic mass is 9.97. The summed E-state index contributed by atoms with van der Waals surface area (Å²) in [5.41, 5.74) is 3.88.